The number of nitrogens with zero attached hydrogens (tertiary/aromatic N) is 1. The number of hydrogen-bond acceptors (Lipinski definition) is 4. The van der Waals surface area contributed by atoms with Gasteiger partial charge in [-0.25, -0.2) is 4.98 Å². The van der Waals surface area contributed by atoms with E-state index in [1.807, 2.05) is 0 Å². The van der Waals surface area contributed by atoms with Gasteiger partial charge in [-0.2, -0.15) is 13.2 Å². The second kappa shape index (κ2) is 5.84. The second-order valence-corrected chi connectivity index (χ2v) is 5.08. The standard InChI is InChI=1S/C12H13F3N4OS/c13-12(14,15)8-3-2-7(10(16)21)11(19-8)17-5-6-1-4-9(20)18-6/h2-3,6H,1,4-5H2,(H2,16,21)(H,17,19)(H,18,20). The Morgan fingerprint density at radius 2 is 2.24 bits per heavy atom. The highest BCUT2D eigenvalue weighted by molar-refractivity contribution is 7.80. The van der Waals surface area contributed by atoms with E-state index in [0.717, 1.165) is 6.07 Å². The van der Waals surface area contributed by atoms with E-state index in [0.29, 0.717) is 12.8 Å². The van der Waals surface area contributed by atoms with E-state index in [4.69, 9.17) is 18.0 Å². The summed E-state index contributed by atoms with van der Waals surface area (Å²) in [6.07, 6.45) is -3.52. The SMILES string of the molecule is NC(=S)c1ccc(C(F)(F)F)nc1NCC1CCC(=O)N1. The van der Waals surface area contributed by atoms with Crippen molar-refractivity contribution < 1.29 is 18.0 Å². The first-order valence-corrected chi connectivity index (χ1v) is 6.59. The first kappa shape index (κ1) is 15.5. The van der Waals surface area contributed by atoms with E-state index < -0.39 is 11.9 Å². The van der Waals surface area contributed by atoms with E-state index in [2.05, 4.69) is 15.6 Å². The maximum absolute atomic E-state index is 12.7. The summed E-state index contributed by atoms with van der Waals surface area (Å²) in [4.78, 5) is 14.6. The fourth-order valence-electron chi connectivity index (χ4n) is 2.00. The normalized spacial score (nSPS) is 18.4. The highest BCUT2D eigenvalue weighted by atomic mass is 32.1. The van der Waals surface area contributed by atoms with Gasteiger partial charge in [0.25, 0.3) is 0 Å². The van der Waals surface area contributed by atoms with Gasteiger partial charge in [0.1, 0.15) is 16.5 Å². The van der Waals surface area contributed by atoms with Crippen LogP contribution in [-0.4, -0.2) is 28.5 Å². The molecule has 4 N–H and O–H groups in total. The third-order valence-corrected chi connectivity index (χ3v) is 3.27. The minimum Gasteiger partial charge on any atom is -0.389 e. The van der Waals surface area contributed by atoms with Gasteiger partial charge in [-0.1, -0.05) is 12.2 Å². The number of hydrogen-bond donors (Lipinski definition) is 3. The molecule has 1 amide bonds. The Hall–Kier alpha value is -1.90. The second-order valence-electron chi connectivity index (χ2n) is 4.64. The molecule has 0 saturated carbocycles. The fourth-order valence-corrected chi connectivity index (χ4v) is 2.17. The third-order valence-electron chi connectivity index (χ3n) is 3.05. The Labute approximate surface area is 124 Å². The lowest BCUT2D eigenvalue weighted by Crippen LogP contribution is -2.32. The van der Waals surface area contributed by atoms with Gasteiger partial charge >= 0.3 is 6.18 Å². The number of halogens is 3. The van der Waals surface area contributed by atoms with Crippen LogP contribution in [0.4, 0.5) is 19.0 Å². The summed E-state index contributed by atoms with van der Waals surface area (Å²) in [5, 5.41) is 5.48. The maximum atomic E-state index is 12.7. The van der Waals surface area contributed by atoms with Crippen LogP contribution in [-0.2, 0) is 11.0 Å². The zero-order chi connectivity index (χ0) is 15.6. The molecule has 114 valence electrons. The molecule has 0 aliphatic carbocycles. The molecular weight excluding hydrogens is 305 g/mol. The maximum Gasteiger partial charge on any atom is 0.433 e. The highest BCUT2D eigenvalue weighted by Crippen LogP contribution is 2.29. The Balaban J connectivity index is 2.18. The number of alkyl halides is 3. The van der Waals surface area contributed by atoms with Crippen molar-refractivity contribution in [2.75, 3.05) is 11.9 Å². The predicted molar refractivity (Wildman–Crippen MR) is 74.8 cm³/mol. The molecule has 2 rings (SSSR count). The van der Waals surface area contributed by atoms with Crippen LogP contribution >= 0.6 is 12.2 Å². The molecule has 1 aromatic heterocycles. The summed E-state index contributed by atoms with van der Waals surface area (Å²) in [5.74, 6) is -0.105. The first-order valence-electron chi connectivity index (χ1n) is 6.18. The van der Waals surface area contributed by atoms with Crippen LogP contribution in [0.25, 0.3) is 0 Å². The third kappa shape index (κ3) is 3.81. The van der Waals surface area contributed by atoms with Gasteiger partial charge in [0, 0.05) is 19.0 Å². The topological polar surface area (TPSA) is 80.0 Å². The number of carbonyl (C=O) groups excluding carboxylic acids is 1. The molecule has 1 atom stereocenters. The zero-order valence-electron chi connectivity index (χ0n) is 10.8. The average Bonchev–Trinajstić information content (AvgIpc) is 2.80. The molecule has 0 bridgehead atoms. The van der Waals surface area contributed by atoms with Crippen LogP contribution in [0.1, 0.15) is 24.1 Å². The Kier molecular flexibility index (Phi) is 4.31. The summed E-state index contributed by atoms with van der Waals surface area (Å²) in [5.41, 5.74) is 4.69. The monoisotopic (exact) mass is 318 g/mol. The van der Waals surface area contributed by atoms with Crippen molar-refractivity contribution in [3.63, 3.8) is 0 Å². The molecule has 0 aromatic carbocycles. The molecule has 1 fully saturated rings. The molecule has 1 saturated heterocycles. The Morgan fingerprint density at radius 1 is 1.52 bits per heavy atom. The van der Waals surface area contributed by atoms with Gasteiger partial charge in [0.05, 0.1) is 5.56 Å². The molecule has 21 heavy (non-hydrogen) atoms. The summed E-state index contributed by atoms with van der Waals surface area (Å²) in [6, 6.07) is 1.87. The molecule has 1 unspecified atom stereocenters. The van der Waals surface area contributed by atoms with Crippen molar-refractivity contribution in [1.29, 1.82) is 0 Å². The number of thiocarbonyl (C=S) groups is 1. The Morgan fingerprint density at radius 3 is 2.76 bits per heavy atom. The quantitative estimate of drug-likeness (QED) is 0.732. The first-order chi connectivity index (χ1) is 9.77. The van der Waals surface area contributed by atoms with E-state index >= 15 is 0 Å². The number of nitrogens with two attached hydrogens (primary N) is 1. The summed E-state index contributed by atoms with van der Waals surface area (Å²) in [6.45, 7) is 0.260. The molecule has 1 aromatic rings. The van der Waals surface area contributed by atoms with Crippen LogP contribution in [0.5, 0.6) is 0 Å². The molecular formula is C12H13F3N4OS. The van der Waals surface area contributed by atoms with Crippen LogP contribution in [0.3, 0.4) is 0 Å². The minimum atomic E-state index is -4.55. The van der Waals surface area contributed by atoms with Gasteiger partial charge in [-0.3, -0.25) is 4.79 Å². The van der Waals surface area contributed by atoms with Crippen molar-refractivity contribution >= 4 is 28.9 Å². The van der Waals surface area contributed by atoms with Gasteiger partial charge in [-0.05, 0) is 18.6 Å². The van der Waals surface area contributed by atoms with E-state index in [1.165, 1.54) is 6.07 Å². The zero-order valence-corrected chi connectivity index (χ0v) is 11.6. The number of carbonyl (C=O) groups is 1. The van der Waals surface area contributed by atoms with Crippen molar-refractivity contribution in [3.8, 4) is 0 Å². The number of nitrogens with one attached hydrogen (secondary N) is 2. The lowest BCUT2D eigenvalue weighted by molar-refractivity contribution is -0.141. The minimum absolute atomic E-state index is 0.0292. The number of aromatic nitrogens is 1. The van der Waals surface area contributed by atoms with E-state index in [1.54, 1.807) is 0 Å². The molecule has 0 spiro atoms. The summed E-state index contributed by atoms with van der Waals surface area (Å²) < 4.78 is 38.0. The van der Waals surface area contributed by atoms with Crippen molar-refractivity contribution in [3.05, 3.63) is 23.4 Å². The number of amides is 1. The number of pyridine rings is 1. The Bertz CT molecular complexity index is 576. The van der Waals surface area contributed by atoms with Crippen LogP contribution < -0.4 is 16.4 Å². The molecule has 0 radical (unpaired) electrons. The summed E-state index contributed by atoms with van der Waals surface area (Å²) >= 11 is 4.80. The van der Waals surface area contributed by atoms with Crippen LogP contribution in [0.2, 0.25) is 0 Å². The van der Waals surface area contributed by atoms with E-state index in [-0.39, 0.29) is 34.9 Å². The van der Waals surface area contributed by atoms with Crippen LogP contribution in [0, 0.1) is 0 Å². The van der Waals surface area contributed by atoms with Gasteiger partial charge in [-0.15, -0.1) is 0 Å². The lowest BCUT2D eigenvalue weighted by atomic mass is 10.2. The average molecular weight is 318 g/mol. The molecule has 1 aliphatic heterocycles. The van der Waals surface area contributed by atoms with Gasteiger partial charge in [0.15, 0.2) is 0 Å². The molecule has 1 aliphatic rings. The highest BCUT2D eigenvalue weighted by Gasteiger charge is 2.33. The fraction of sp³-hybridized carbons (Fsp3) is 0.417. The van der Waals surface area contributed by atoms with Crippen molar-refractivity contribution in [1.82, 2.24) is 10.3 Å². The molecule has 9 heteroatoms. The van der Waals surface area contributed by atoms with Gasteiger partial charge in [0.2, 0.25) is 5.91 Å². The predicted octanol–water partition coefficient (Wildman–Crippen LogP) is 1.43. The lowest BCUT2D eigenvalue weighted by Gasteiger charge is -2.16. The number of rotatable bonds is 4. The van der Waals surface area contributed by atoms with Crippen molar-refractivity contribution in [2.45, 2.75) is 25.1 Å². The largest absolute Gasteiger partial charge is 0.433 e. The van der Waals surface area contributed by atoms with Gasteiger partial charge < -0.3 is 16.4 Å². The van der Waals surface area contributed by atoms with Crippen LogP contribution in [0.15, 0.2) is 12.1 Å². The number of anilines is 1. The molecule has 5 nitrogen and oxygen atoms in total. The van der Waals surface area contributed by atoms with Crippen molar-refractivity contribution in [2.24, 2.45) is 5.73 Å². The summed E-state index contributed by atoms with van der Waals surface area (Å²) in [7, 11) is 0. The molecule has 2 heterocycles. The van der Waals surface area contributed by atoms with E-state index in [9.17, 15) is 18.0 Å². The smallest absolute Gasteiger partial charge is 0.389 e.